The van der Waals surface area contributed by atoms with Crippen molar-refractivity contribution in [3.63, 3.8) is 0 Å². The fraction of sp³-hybridized carbons (Fsp3) is 0.500. The third-order valence-electron chi connectivity index (χ3n) is 3.33. The van der Waals surface area contributed by atoms with Gasteiger partial charge in [0.15, 0.2) is 5.78 Å². The molecule has 0 saturated carbocycles. The normalized spacial score (nSPS) is 20.9. The van der Waals surface area contributed by atoms with Crippen LogP contribution < -0.4 is 5.32 Å². The number of aryl methyl sites for hydroxylation is 1. The summed E-state index contributed by atoms with van der Waals surface area (Å²) >= 11 is 0. The van der Waals surface area contributed by atoms with E-state index in [0.29, 0.717) is 11.1 Å². The van der Waals surface area contributed by atoms with Gasteiger partial charge < -0.3 is 5.32 Å². The van der Waals surface area contributed by atoms with Crippen LogP contribution in [0, 0.1) is 12.7 Å². The van der Waals surface area contributed by atoms with E-state index in [0.717, 1.165) is 25.8 Å². The highest BCUT2D eigenvalue weighted by molar-refractivity contribution is 6.00. The molecule has 2 nitrogen and oxygen atoms in total. The van der Waals surface area contributed by atoms with Crippen LogP contribution in [0.5, 0.6) is 0 Å². The minimum absolute atomic E-state index is 0.0193. The molecule has 1 aromatic rings. The molecule has 1 fully saturated rings. The first-order valence-corrected chi connectivity index (χ1v) is 6.22. The molecule has 1 heterocycles. The molecule has 1 aromatic carbocycles. The summed E-state index contributed by atoms with van der Waals surface area (Å²) in [5, 5.41) is 3.24. The smallest absolute Gasteiger partial charge is 0.179 e. The molecule has 1 saturated heterocycles. The average molecular weight is 235 g/mol. The standard InChI is InChI=1S/C14H18FNO/c1-10-6-7-11(9-12(10)15)14(17)13-5-3-2-4-8-16-13/h6-7,9,13,16H,2-5,8H2,1H3. The molecule has 1 aliphatic rings. The van der Waals surface area contributed by atoms with Crippen LogP contribution in [-0.4, -0.2) is 18.4 Å². The van der Waals surface area contributed by atoms with E-state index in [4.69, 9.17) is 0 Å². The summed E-state index contributed by atoms with van der Waals surface area (Å²) in [7, 11) is 0. The molecule has 0 aliphatic carbocycles. The molecule has 92 valence electrons. The van der Waals surface area contributed by atoms with Crippen molar-refractivity contribution >= 4 is 5.78 Å². The van der Waals surface area contributed by atoms with Gasteiger partial charge in [0.05, 0.1) is 6.04 Å². The quantitative estimate of drug-likeness (QED) is 0.799. The number of hydrogen-bond acceptors (Lipinski definition) is 2. The highest BCUT2D eigenvalue weighted by atomic mass is 19.1. The molecule has 0 radical (unpaired) electrons. The zero-order valence-corrected chi connectivity index (χ0v) is 10.1. The molecule has 17 heavy (non-hydrogen) atoms. The van der Waals surface area contributed by atoms with E-state index in [1.54, 1.807) is 19.1 Å². The highest BCUT2D eigenvalue weighted by Gasteiger charge is 2.21. The maximum absolute atomic E-state index is 13.4. The van der Waals surface area contributed by atoms with Crippen molar-refractivity contribution in [2.24, 2.45) is 0 Å². The van der Waals surface area contributed by atoms with Crippen LogP contribution in [-0.2, 0) is 0 Å². The minimum atomic E-state index is -0.301. The number of ketones is 1. The molecule has 0 bridgehead atoms. The molecule has 0 aromatic heterocycles. The summed E-state index contributed by atoms with van der Waals surface area (Å²) in [6.07, 6.45) is 4.21. The Hall–Kier alpha value is -1.22. The molecular weight excluding hydrogens is 217 g/mol. The van der Waals surface area contributed by atoms with Crippen LogP contribution >= 0.6 is 0 Å². The van der Waals surface area contributed by atoms with Crippen molar-refractivity contribution in [3.8, 4) is 0 Å². The largest absolute Gasteiger partial charge is 0.307 e. The van der Waals surface area contributed by atoms with Gasteiger partial charge >= 0.3 is 0 Å². The Labute approximate surface area is 101 Å². The predicted molar refractivity (Wildman–Crippen MR) is 65.7 cm³/mol. The van der Waals surface area contributed by atoms with Gasteiger partial charge in [0.2, 0.25) is 0 Å². The van der Waals surface area contributed by atoms with E-state index >= 15 is 0 Å². The Morgan fingerprint density at radius 1 is 1.35 bits per heavy atom. The Morgan fingerprint density at radius 3 is 2.94 bits per heavy atom. The number of hydrogen-bond donors (Lipinski definition) is 1. The van der Waals surface area contributed by atoms with Crippen molar-refractivity contribution in [2.75, 3.05) is 6.54 Å². The van der Waals surface area contributed by atoms with Crippen LogP contribution in [0.15, 0.2) is 18.2 Å². The second-order valence-corrected chi connectivity index (χ2v) is 4.68. The second kappa shape index (κ2) is 5.41. The second-order valence-electron chi connectivity index (χ2n) is 4.68. The summed E-state index contributed by atoms with van der Waals surface area (Å²) in [6, 6.07) is 4.59. The van der Waals surface area contributed by atoms with Gasteiger partial charge in [-0.25, -0.2) is 4.39 Å². The average Bonchev–Trinajstić information content (AvgIpc) is 2.60. The van der Waals surface area contributed by atoms with Crippen LogP contribution in [0.4, 0.5) is 4.39 Å². The van der Waals surface area contributed by atoms with Crippen LogP contribution in [0.2, 0.25) is 0 Å². The number of carbonyl (C=O) groups is 1. The lowest BCUT2D eigenvalue weighted by atomic mass is 9.99. The van der Waals surface area contributed by atoms with E-state index < -0.39 is 0 Å². The fourth-order valence-electron chi connectivity index (χ4n) is 2.20. The lowest BCUT2D eigenvalue weighted by Crippen LogP contribution is -2.36. The molecule has 1 aliphatic heterocycles. The van der Waals surface area contributed by atoms with E-state index in [1.165, 1.54) is 12.5 Å². The van der Waals surface area contributed by atoms with E-state index in [-0.39, 0.29) is 17.6 Å². The molecule has 1 N–H and O–H groups in total. The molecule has 3 heteroatoms. The first kappa shape index (κ1) is 12.2. The summed E-state index contributed by atoms with van der Waals surface area (Å²) < 4.78 is 13.4. The Morgan fingerprint density at radius 2 is 2.18 bits per heavy atom. The number of carbonyl (C=O) groups excluding carboxylic acids is 1. The van der Waals surface area contributed by atoms with Gasteiger partial charge in [-0.05, 0) is 37.9 Å². The van der Waals surface area contributed by atoms with Gasteiger partial charge in [0.25, 0.3) is 0 Å². The maximum Gasteiger partial charge on any atom is 0.179 e. The summed E-state index contributed by atoms with van der Waals surface area (Å²) in [4.78, 5) is 12.2. The van der Waals surface area contributed by atoms with Crippen molar-refractivity contribution in [1.29, 1.82) is 0 Å². The van der Waals surface area contributed by atoms with E-state index in [9.17, 15) is 9.18 Å². The van der Waals surface area contributed by atoms with Gasteiger partial charge in [-0.2, -0.15) is 0 Å². The van der Waals surface area contributed by atoms with Crippen molar-refractivity contribution < 1.29 is 9.18 Å². The zero-order valence-electron chi connectivity index (χ0n) is 10.1. The summed E-state index contributed by atoms with van der Waals surface area (Å²) in [5.74, 6) is -0.282. The molecular formula is C14H18FNO. The van der Waals surface area contributed by atoms with Crippen molar-refractivity contribution in [3.05, 3.63) is 35.1 Å². The van der Waals surface area contributed by atoms with Crippen LogP contribution in [0.25, 0.3) is 0 Å². The minimum Gasteiger partial charge on any atom is -0.307 e. The highest BCUT2D eigenvalue weighted by Crippen LogP contribution is 2.15. The monoisotopic (exact) mass is 235 g/mol. The van der Waals surface area contributed by atoms with Gasteiger partial charge in [-0.15, -0.1) is 0 Å². The number of halogens is 1. The first-order valence-electron chi connectivity index (χ1n) is 6.22. The molecule has 1 unspecified atom stereocenters. The lowest BCUT2D eigenvalue weighted by molar-refractivity contribution is 0.0940. The number of Topliss-reactive ketones (excluding diaryl/α,β-unsaturated/α-hetero) is 1. The fourth-order valence-corrected chi connectivity index (χ4v) is 2.20. The lowest BCUT2D eigenvalue weighted by Gasteiger charge is -2.14. The third-order valence-corrected chi connectivity index (χ3v) is 3.33. The van der Waals surface area contributed by atoms with E-state index in [2.05, 4.69) is 5.32 Å². The van der Waals surface area contributed by atoms with Gasteiger partial charge in [0.1, 0.15) is 5.82 Å². The first-order chi connectivity index (χ1) is 8.18. The predicted octanol–water partition coefficient (Wildman–Crippen LogP) is 2.85. The molecule has 2 rings (SSSR count). The number of benzene rings is 1. The Kier molecular flexibility index (Phi) is 3.89. The van der Waals surface area contributed by atoms with Crippen LogP contribution in [0.3, 0.4) is 0 Å². The zero-order chi connectivity index (χ0) is 12.3. The van der Waals surface area contributed by atoms with Crippen molar-refractivity contribution in [2.45, 2.75) is 38.6 Å². The van der Waals surface area contributed by atoms with Crippen molar-refractivity contribution in [1.82, 2.24) is 5.32 Å². The molecule has 0 spiro atoms. The Balaban J connectivity index is 2.14. The summed E-state index contributed by atoms with van der Waals surface area (Å²) in [5.41, 5.74) is 1.06. The Bertz CT molecular complexity index is 409. The number of nitrogens with one attached hydrogen (secondary N) is 1. The topological polar surface area (TPSA) is 29.1 Å². The van der Waals surface area contributed by atoms with Crippen LogP contribution in [0.1, 0.15) is 41.6 Å². The maximum atomic E-state index is 13.4. The van der Waals surface area contributed by atoms with Gasteiger partial charge in [0, 0.05) is 5.56 Å². The summed E-state index contributed by atoms with van der Waals surface area (Å²) in [6.45, 7) is 2.58. The molecule has 0 amide bonds. The van der Waals surface area contributed by atoms with Gasteiger partial charge in [-0.1, -0.05) is 25.0 Å². The van der Waals surface area contributed by atoms with Gasteiger partial charge in [-0.3, -0.25) is 4.79 Å². The molecule has 1 atom stereocenters. The SMILES string of the molecule is Cc1ccc(C(=O)C2CCCCCN2)cc1F. The number of rotatable bonds is 2. The van der Waals surface area contributed by atoms with E-state index in [1.807, 2.05) is 0 Å². The third kappa shape index (κ3) is 2.91.